The van der Waals surface area contributed by atoms with Crippen molar-refractivity contribution >= 4 is 11.9 Å². The topological polar surface area (TPSA) is 73.2 Å². The predicted molar refractivity (Wildman–Crippen MR) is 95.5 cm³/mol. The molecule has 2 heterocycles. The molecule has 0 saturated carbocycles. The van der Waals surface area contributed by atoms with Gasteiger partial charge < -0.3 is 14.6 Å². The molecule has 0 bridgehead atoms. The zero-order valence-electron chi connectivity index (χ0n) is 14.8. The summed E-state index contributed by atoms with van der Waals surface area (Å²) in [6, 6.07) is 5.53. The van der Waals surface area contributed by atoms with Crippen LogP contribution in [-0.2, 0) is 17.8 Å². The maximum absolute atomic E-state index is 12.7. The standard InChI is InChI=1S/C19H23N3O3/c1-5-11-22-14(4)16(13(3)17(22)19(24)25-6-2)18(23)21-12-15-9-7-8-10-20-15/h5,7-10H,1,6,11-12H2,2-4H3,(H,21,23). The third-order valence-corrected chi connectivity index (χ3v) is 3.93. The lowest BCUT2D eigenvalue weighted by molar-refractivity contribution is 0.0513. The number of esters is 1. The van der Waals surface area contributed by atoms with Gasteiger partial charge in [0.25, 0.3) is 5.91 Å². The van der Waals surface area contributed by atoms with Gasteiger partial charge >= 0.3 is 5.97 Å². The Kier molecular flexibility index (Phi) is 6.11. The van der Waals surface area contributed by atoms with Gasteiger partial charge in [0.1, 0.15) is 5.69 Å². The highest BCUT2D eigenvalue weighted by Crippen LogP contribution is 2.23. The molecule has 25 heavy (non-hydrogen) atoms. The maximum Gasteiger partial charge on any atom is 0.355 e. The number of ether oxygens (including phenoxy) is 1. The van der Waals surface area contributed by atoms with Gasteiger partial charge in [-0.1, -0.05) is 12.1 Å². The summed E-state index contributed by atoms with van der Waals surface area (Å²) in [5, 5.41) is 2.86. The van der Waals surface area contributed by atoms with Crippen molar-refractivity contribution in [3.8, 4) is 0 Å². The van der Waals surface area contributed by atoms with Gasteiger partial charge in [-0.2, -0.15) is 0 Å². The fraction of sp³-hybridized carbons (Fsp3) is 0.316. The number of rotatable bonds is 7. The van der Waals surface area contributed by atoms with E-state index in [1.165, 1.54) is 0 Å². The number of allylic oxidation sites excluding steroid dienone is 1. The summed E-state index contributed by atoms with van der Waals surface area (Å²) in [7, 11) is 0. The predicted octanol–water partition coefficient (Wildman–Crippen LogP) is 2.79. The third kappa shape index (κ3) is 3.96. The van der Waals surface area contributed by atoms with Crippen molar-refractivity contribution in [1.82, 2.24) is 14.9 Å². The SMILES string of the molecule is C=CCn1c(C)c(C(=O)NCc2ccccn2)c(C)c1C(=O)OCC. The molecule has 0 aliphatic rings. The first-order valence-electron chi connectivity index (χ1n) is 8.17. The van der Waals surface area contributed by atoms with Crippen LogP contribution in [0.4, 0.5) is 0 Å². The van der Waals surface area contributed by atoms with Crippen molar-refractivity contribution in [2.75, 3.05) is 6.61 Å². The molecule has 0 fully saturated rings. The number of carbonyl (C=O) groups excluding carboxylic acids is 2. The van der Waals surface area contributed by atoms with Gasteiger partial charge in [0.05, 0.1) is 24.4 Å². The molecule has 6 nitrogen and oxygen atoms in total. The Hall–Kier alpha value is -2.89. The molecule has 0 unspecified atom stereocenters. The number of pyridine rings is 1. The number of hydrogen-bond donors (Lipinski definition) is 1. The van der Waals surface area contributed by atoms with E-state index in [0.29, 0.717) is 35.6 Å². The molecular formula is C19H23N3O3. The average Bonchev–Trinajstić information content (AvgIpc) is 2.85. The summed E-state index contributed by atoms with van der Waals surface area (Å²) in [6.45, 7) is 10.1. The molecule has 0 spiro atoms. The van der Waals surface area contributed by atoms with Gasteiger partial charge in [-0.15, -0.1) is 6.58 Å². The Morgan fingerprint density at radius 1 is 1.36 bits per heavy atom. The molecule has 0 aliphatic carbocycles. The summed E-state index contributed by atoms with van der Waals surface area (Å²) >= 11 is 0. The first kappa shape index (κ1) is 18.4. The molecule has 2 aromatic rings. The van der Waals surface area contributed by atoms with Crippen molar-refractivity contribution in [3.05, 3.63) is 65.3 Å². The largest absolute Gasteiger partial charge is 0.461 e. The number of nitrogens with one attached hydrogen (secondary N) is 1. The smallest absolute Gasteiger partial charge is 0.355 e. The van der Waals surface area contributed by atoms with E-state index < -0.39 is 5.97 Å². The second-order valence-electron chi connectivity index (χ2n) is 5.56. The van der Waals surface area contributed by atoms with E-state index in [0.717, 1.165) is 5.69 Å². The van der Waals surface area contributed by atoms with Crippen LogP contribution in [0.15, 0.2) is 37.1 Å². The molecule has 1 amide bonds. The molecule has 0 atom stereocenters. The van der Waals surface area contributed by atoms with Crippen LogP contribution >= 0.6 is 0 Å². The fourth-order valence-electron chi connectivity index (χ4n) is 2.81. The normalized spacial score (nSPS) is 10.4. The molecule has 0 aliphatic heterocycles. The Bertz CT molecular complexity index is 779. The summed E-state index contributed by atoms with van der Waals surface area (Å²) in [5.74, 6) is -0.678. The van der Waals surface area contributed by atoms with E-state index in [-0.39, 0.29) is 12.5 Å². The van der Waals surface area contributed by atoms with E-state index in [9.17, 15) is 9.59 Å². The molecule has 132 valence electrons. The Balaban J connectivity index is 2.33. The van der Waals surface area contributed by atoms with Crippen LogP contribution in [0.25, 0.3) is 0 Å². The van der Waals surface area contributed by atoms with Crippen LogP contribution < -0.4 is 5.32 Å². The van der Waals surface area contributed by atoms with E-state index in [1.807, 2.05) is 25.1 Å². The minimum Gasteiger partial charge on any atom is -0.461 e. The van der Waals surface area contributed by atoms with Crippen LogP contribution in [0.1, 0.15) is 44.7 Å². The highest BCUT2D eigenvalue weighted by Gasteiger charge is 2.26. The quantitative estimate of drug-likeness (QED) is 0.621. The van der Waals surface area contributed by atoms with Crippen molar-refractivity contribution in [1.29, 1.82) is 0 Å². The van der Waals surface area contributed by atoms with Crippen LogP contribution in [0.5, 0.6) is 0 Å². The van der Waals surface area contributed by atoms with Gasteiger partial charge in [-0.25, -0.2) is 4.79 Å². The fourth-order valence-corrected chi connectivity index (χ4v) is 2.81. The van der Waals surface area contributed by atoms with Gasteiger partial charge in [0, 0.05) is 18.4 Å². The zero-order valence-corrected chi connectivity index (χ0v) is 14.8. The Labute approximate surface area is 147 Å². The molecule has 1 N–H and O–H groups in total. The van der Waals surface area contributed by atoms with Crippen LogP contribution in [0, 0.1) is 13.8 Å². The van der Waals surface area contributed by atoms with Crippen molar-refractivity contribution in [3.63, 3.8) is 0 Å². The Morgan fingerprint density at radius 2 is 2.12 bits per heavy atom. The molecule has 6 heteroatoms. The second-order valence-corrected chi connectivity index (χ2v) is 5.56. The molecule has 0 aromatic carbocycles. The van der Waals surface area contributed by atoms with Gasteiger partial charge in [0.2, 0.25) is 0 Å². The number of nitrogens with zero attached hydrogens (tertiary/aromatic N) is 2. The van der Waals surface area contributed by atoms with Crippen molar-refractivity contribution in [2.45, 2.75) is 33.9 Å². The molecule has 2 aromatic heterocycles. The minimum absolute atomic E-state index is 0.242. The maximum atomic E-state index is 12.7. The summed E-state index contributed by atoms with van der Waals surface area (Å²) < 4.78 is 6.90. The summed E-state index contributed by atoms with van der Waals surface area (Å²) in [5.41, 5.74) is 2.96. The number of carbonyl (C=O) groups is 2. The van der Waals surface area contributed by atoms with Crippen molar-refractivity contribution in [2.24, 2.45) is 0 Å². The van der Waals surface area contributed by atoms with Crippen LogP contribution in [0.3, 0.4) is 0 Å². The van der Waals surface area contributed by atoms with Crippen LogP contribution in [-0.4, -0.2) is 28.0 Å². The third-order valence-electron chi connectivity index (χ3n) is 3.93. The van der Waals surface area contributed by atoms with Gasteiger partial charge in [0.15, 0.2) is 0 Å². The lowest BCUT2D eigenvalue weighted by Gasteiger charge is -2.09. The van der Waals surface area contributed by atoms with Gasteiger partial charge in [-0.05, 0) is 38.5 Å². The van der Waals surface area contributed by atoms with Crippen molar-refractivity contribution < 1.29 is 14.3 Å². The van der Waals surface area contributed by atoms with E-state index >= 15 is 0 Å². The lowest BCUT2D eigenvalue weighted by atomic mass is 10.1. The van der Waals surface area contributed by atoms with Gasteiger partial charge in [-0.3, -0.25) is 9.78 Å². The number of amides is 1. The van der Waals surface area contributed by atoms with E-state index in [2.05, 4.69) is 16.9 Å². The monoisotopic (exact) mass is 341 g/mol. The number of aromatic nitrogens is 2. The van der Waals surface area contributed by atoms with Crippen LogP contribution in [0.2, 0.25) is 0 Å². The first-order valence-corrected chi connectivity index (χ1v) is 8.17. The number of hydrogen-bond acceptors (Lipinski definition) is 4. The molecular weight excluding hydrogens is 318 g/mol. The first-order chi connectivity index (χ1) is 12.0. The Morgan fingerprint density at radius 3 is 2.72 bits per heavy atom. The molecule has 0 radical (unpaired) electrons. The van der Waals surface area contributed by atoms with E-state index in [4.69, 9.17) is 4.74 Å². The summed E-state index contributed by atoms with van der Waals surface area (Å²) in [6.07, 6.45) is 3.36. The second kappa shape index (κ2) is 8.28. The highest BCUT2D eigenvalue weighted by atomic mass is 16.5. The molecule has 0 saturated heterocycles. The minimum atomic E-state index is -0.436. The van der Waals surface area contributed by atoms with E-state index in [1.54, 1.807) is 30.7 Å². The zero-order chi connectivity index (χ0) is 18.4. The summed E-state index contributed by atoms with van der Waals surface area (Å²) in [4.78, 5) is 29.2. The average molecular weight is 341 g/mol. The lowest BCUT2D eigenvalue weighted by Crippen LogP contribution is -2.24. The highest BCUT2D eigenvalue weighted by molar-refractivity contribution is 6.01. The molecule has 2 rings (SSSR count).